The van der Waals surface area contributed by atoms with E-state index in [0.717, 1.165) is 19.6 Å². The number of aliphatic hydroxyl groups is 1. The number of hydrogen-bond donors (Lipinski definition) is 1. The van der Waals surface area contributed by atoms with Crippen molar-refractivity contribution in [2.75, 3.05) is 19.8 Å². The summed E-state index contributed by atoms with van der Waals surface area (Å²) in [5.41, 5.74) is 2.57. The zero-order valence-electron chi connectivity index (χ0n) is 11.6. The number of fused-ring (bicyclic) bond motifs is 1. The van der Waals surface area contributed by atoms with E-state index in [0.29, 0.717) is 0 Å². The van der Waals surface area contributed by atoms with Gasteiger partial charge in [0.2, 0.25) is 0 Å². The number of hydrogen-bond acceptors (Lipinski definition) is 2. The highest BCUT2D eigenvalue weighted by molar-refractivity contribution is 5.85. The third kappa shape index (κ3) is 1.72. The Labute approximate surface area is 113 Å². The van der Waals surface area contributed by atoms with Crippen molar-refractivity contribution in [2.45, 2.75) is 18.8 Å². The molecule has 3 rings (SSSR count). The van der Waals surface area contributed by atoms with Crippen LogP contribution in [-0.2, 0) is 17.2 Å². The van der Waals surface area contributed by atoms with Crippen LogP contribution in [0.4, 0.5) is 0 Å². The average Bonchev–Trinajstić information content (AvgIpc) is 2.72. The van der Waals surface area contributed by atoms with E-state index >= 15 is 0 Å². The molecule has 0 saturated carbocycles. The van der Waals surface area contributed by atoms with E-state index in [4.69, 9.17) is 4.74 Å². The van der Waals surface area contributed by atoms with Crippen LogP contribution in [0.15, 0.2) is 30.5 Å². The largest absolute Gasteiger partial charge is 0.396 e. The number of aliphatic hydroxyl groups excluding tert-OH is 1. The van der Waals surface area contributed by atoms with Crippen LogP contribution in [0.5, 0.6) is 0 Å². The Hall–Kier alpha value is -1.32. The van der Waals surface area contributed by atoms with Gasteiger partial charge < -0.3 is 14.4 Å². The van der Waals surface area contributed by atoms with Crippen LogP contribution in [0.2, 0.25) is 0 Å². The minimum Gasteiger partial charge on any atom is -0.396 e. The van der Waals surface area contributed by atoms with Crippen molar-refractivity contribution in [3.63, 3.8) is 0 Å². The molecule has 3 nitrogen and oxygen atoms in total. The van der Waals surface area contributed by atoms with E-state index in [9.17, 15) is 5.11 Å². The molecule has 1 N–H and O–H groups in total. The number of aryl methyl sites for hydroxylation is 1. The topological polar surface area (TPSA) is 34.4 Å². The van der Waals surface area contributed by atoms with E-state index in [1.807, 2.05) is 0 Å². The molecule has 1 fully saturated rings. The molecule has 102 valence electrons. The fourth-order valence-corrected chi connectivity index (χ4v) is 3.37. The molecule has 0 aliphatic carbocycles. The zero-order chi connectivity index (χ0) is 13.5. The molecule has 1 aliphatic rings. The highest BCUT2D eigenvalue weighted by Crippen LogP contribution is 2.44. The molecule has 2 heterocycles. The van der Waals surface area contributed by atoms with Crippen molar-refractivity contribution >= 4 is 10.9 Å². The second kappa shape index (κ2) is 4.66. The highest BCUT2D eigenvalue weighted by Gasteiger charge is 2.47. The quantitative estimate of drug-likeness (QED) is 0.915. The lowest BCUT2D eigenvalue weighted by atomic mass is 9.68. The molecular weight excluding hydrogens is 238 g/mol. The molecular formula is C16H21NO2. The molecule has 1 unspecified atom stereocenters. The van der Waals surface area contributed by atoms with E-state index in [1.54, 1.807) is 0 Å². The Morgan fingerprint density at radius 2 is 2.11 bits per heavy atom. The molecule has 2 aromatic rings. The van der Waals surface area contributed by atoms with Crippen molar-refractivity contribution in [3.05, 3.63) is 36.0 Å². The third-order valence-electron chi connectivity index (χ3n) is 4.65. The molecule has 1 saturated heterocycles. The van der Waals surface area contributed by atoms with Crippen LogP contribution in [-0.4, -0.2) is 29.5 Å². The Bertz CT molecular complexity index is 579. The van der Waals surface area contributed by atoms with Crippen LogP contribution in [0, 0.1) is 5.92 Å². The Balaban J connectivity index is 2.17. The normalized spacial score (nSPS) is 19.3. The van der Waals surface area contributed by atoms with E-state index in [2.05, 4.69) is 49.0 Å². The molecule has 1 aliphatic heterocycles. The number of nitrogens with zero attached hydrogens (tertiary/aromatic N) is 1. The third-order valence-corrected chi connectivity index (χ3v) is 4.65. The summed E-state index contributed by atoms with van der Waals surface area (Å²) in [5.74, 6) is 0.270. The standard InChI is InChI=1S/C16H21NO2/c1-3-12(9-18)16(10-19-11-16)14-8-17(2)15-7-5-4-6-13(14)15/h4-8,12,18H,3,9-11H2,1-2H3. The number of benzene rings is 1. The summed E-state index contributed by atoms with van der Waals surface area (Å²) in [4.78, 5) is 0. The van der Waals surface area contributed by atoms with Crippen molar-refractivity contribution < 1.29 is 9.84 Å². The van der Waals surface area contributed by atoms with Crippen molar-refractivity contribution in [1.82, 2.24) is 4.57 Å². The molecule has 19 heavy (non-hydrogen) atoms. The maximum absolute atomic E-state index is 9.70. The van der Waals surface area contributed by atoms with Gasteiger partial charge in [0, 0.05) is 36.2 Å². The van der Waals surface area contributed by atoms with Gasteiger partial charge in [-0.15, -0.1) is 0 Å². The average molecular weight is 259 g/mol. The molecule has 0 amide bonds. The number of aromatic nitrogens is 1. The summed E-state index contributed by atoms with van der Waals surface area (Å²) in [5, 5.41) is 11.0. The Morgan fingerprint density at radius 1 is 1.37 bits per heavy atom. The zero-order valence-corrected chi connectivity index (χ0v) is 11.6. The number of para-hydroxylation sites is 1. The molecule has 0 bridgehead atoms. The smallest absolute Gasteiger partial charge is 0.0590 e. The van der Waals surface area contributed by atoms with Gasteiger partial charge in [0.05, 0.1) is 13.2 Å². The fourth-order valence-electron chi connectivity index (χ4n) is 3.37. The summed E-state index contributed by atoms with van der Waals surface area (Å²) in [6, 6.07) is 8.47. The first-order valence-corrected chi connectivity index (χ1v) is 6.96. The highest BCUT2D eigenvalue weighted by atomic mass is 16.5. The van der Waals surface area contributed by atoms with Gasteiger partial charge in [-0.3, -0.25) is 0 Å². The fraction of sp³-hybridized carbons (Fsp3) is 0.500. The first-order chi connectivity index (χ1) is 9.23. The maximum Gasteiger partial charge on any atom is 0.0590 e. The molecule has 3 heteroatoms. The second-order valence-corrected chi connectivity index (χ2v) is 5.61. The van der Waals surface area contributed by atoms with Crippen LogP contribution < -0.4 is 0 Å². The molecule has 1 aromatic carbocycles. The summed E-state index contributed by atoms with van der Waals surface area (Å²) in [6.45, 7) is 3.81. The van der Waals surface area contributed by atoms with Gasteiger partial charge in [-0.05, 0) is 17.5 Å². The molecule has 1 atom stereocenters. The van der Waals surface area contributed by atoms with E-state index in [1.165, 1.54) is 16.5 Å². The van der Waals surface area contributed by atoms with E-state index in [-0.39, 0.29) is 17.9 Å². The van der Waals surface area contributed by atoms with Crippen LogP contribution in [0.3, 0.4) is 0 Å². The lowest BCUT2D eigenvalue weighted by Gasteiger charge is -2.46. The Kier molecular flexibility index (Phi) is 3.11. The summed E-state index contributed by atoms with van der Waals surface area (Å²) < 4.78 is 7.69. The summed E-state index contributed by atoms with van der Waals surface area (Å²) in [7, 11) is 2.08. The molecule has 1 aromatic heterocycles. The molecule has 0 radical (unpaired) electrons. The first-order valence-electron chi connectivity index (χ1n) is 6.96. The SMILES string of the molecule is CCC(CO)C1(c2cn(C)c3ccccc23)COC1. The van der Waals surface area contributed by atoms with Crippen molar-refractivity contribution in [2.24, 2.45) is 13.0 Å². The van der Waals surface area contributed by atoms with E-state index < -0.39 is 0 Å². The minimum atomic E-state index is -0.00956. The Morgan fingerprint density at radius 3 is 2.68 bits per heavy atom. The summed E-state index contributed by atoms with van der Waals surface area (Å²) >= 11 is 0. The van der Waals surface area contributed by atoms with Gasteiger partial charge >= 0.3 is 0 Å². The van der Waals surface area contributed by atoms with Crippen LogP contribution in [0.1, 0.15) is 18.9 Å². The van der Waals surface area contributed by atoms with Crippen LogP contribution in [0.25, 0.3) is 10.9 Å². The second-order valence-electron chi connectivity index (χ2n) is 5.61. The first kappa shape index (κ1) is 12.7. The van der Waals surface area contributed by atoms with Gasteiger partial charge in [0.15, 0.2) is 0 Å². The number of ether oxygens (including phenoxy) is 1. The predicted octanol–water partition coefficient (Wildman–Crippen LogP) is 2.46. The van der Waals surface area contributed by atoms with Gasteiger partial charge in [-0.1, -0.05) is 31.5 Å². The van der Waals surface area contributed by atoms with Gasteiger partial charge in [0.25, 0.3) is 0 Å². The molecule has 0 spiro atoms. The van der Waals surface area contributed by atoms with Crippen LogP contribution >= 0.6 is 0 Å². The minimum absolute atomic E-state index is 0.00956. The van der Waals surface area contributed by atoms with Crippen molar-refractivity contribution in [3.8, 4) is 0 Å². The van der Waals surface area contributed by atoms with Gasteiger partial charge in [-0.2, -0.15) is 0 Å². The summed E-state index contributed by atoms with van der Waals surface area (Å²) in [6.07, 6.45) is 3.19. The lowest BCUT2D eigenvalue weighted by molar-refractivity contribution is -0.100. The lowest BCUT2D eigenvalue weighted by Crippen LogP contribution is -2.53. The number of rotatable bonds is 4. The maximum atomic E-state index is 9.70. The monoisotopic (exact) mass is 259 g/mol. The van der Waals surface area contributed by atoms with Gasteiger partial charge in [-0.25, -0.2) is 0 Å². The van der Waals surface area contributed by atoms with Gasteiger partial charge in [0.1, 0.15) is 0 Å². The van der Waals surface area contributed by atoms with Crippen molar-refractivity contribution in [1.29, 1.82) is 0 Å². The predicted molar refractivity (Wildman–Crippen MR) is 76.3 cm³/mol.